The normalized spacial score (nSPS) is 23.0. The molecule has 2 N–H and O–H groups in total. The second-order valence-electron chi connectivity index (χ2n) is 5.31. The van der Waals surface area contributed by atoms with Crippen LogP contribution < -0.4 is 5.73 Å². The van der Waals surface area contributed by atoms with Crippen LogP contribution in [0.25, 0.3) is 0 Å². The number of pyridine rings is 1. The molecule has 4 heteroatoms. The maximum absolute atomic E-state index is 11.9. The van der Waals surface area contributed by atoms with E-state index in [4.69, 9.17) is 10.5 Å². The van der Waals surface area contributed by atoms with Gasteiger partial charge in [0.2, 0.25) is 0 Å². The van der Waals surface area contributed by atoms with Gasteiger partial charge in [-0.2, -0.15) is 0 Å². The van der Waals surface area contributed by atoms with Crippen LogP contribution in [0.5, 0.6) is 0 Å². The molecule has 0 bridgehead atoms. The molecule has 104 valence electrons. The van der Waals surface area contributed by atoms with Crippen LogP contribution in [0.4, 0.5) is 5.69 Å². The number of carbonyl (C=O) groups excluding carboxylic acids is 1. The second-order valence-corrected chi connectivity index (χ2v) is 5.31. The lowest BCUT2D eigenvalue weighted by Crippen LogP contribution is -2.26. The van der Waals surface area contributed by atoms with Crippen LogP contribution in [0, 0.1) is 5.92 Å². The summed E-state index contributed by atoms with van der Waals surface area (Å²) < 4.78 is 5.55. The van der Waals surface area contributed by atoms with Gasteiger partial charge in [0.25, 0.3) is 0 Å². The van der Waals surface area contributed by atoms with Gasteiger partial charge in [0.1, 0.15) is 6.10 Å². The maximum Gasteiger partial charge on any atom is 0.312 e. The average Bonchev–Trinajstić information content (AvgIpc) is 2.41. The molecule has 0 aliphatic heterocycles. The van der Waals surface area contributed by atoms with Gasteiger partial charge in [-0.05, 0) is 37.3 Å². The minimum atomic E-state index is -0.181. The first-order valence-corrected chi connectivity index (χ1v) is 7.07. The van der Waals surface area contributed by atoms with Crippen LogP contribution in [-0.2, 0) is 16.0 Å². The number of esters is 1. The second kappa shape index (κ2) is 6.55. The summed E-state index contributed by atoms with van der Waals surface area (Å²) in [6.45, 7) is 2.20. The highest BCUT2D eigenvalue weighted by molar-refractivity contribution is 5.72. The number of nitrogens with two attached hydrogens (primary N) is 1. The molecule has 1 aliphatic carbocycles. The topological polar surface area (TPSA) is 65.2 Å². The van der Waals surface area contributed by atoms with Gasteiger partial charge in [-0.1, -0.05) is 19.8 Å². The van der Waals surface area contributed by atoms with Crippen LogP contribution in [0.2, 0.25) is 0 Å². The van der Waals surface area contributed by atoms with E-state index in [0.29, 0.717) is 17.3 Å². The van der Waals surface area contributed by atoms with Crippen molar-refractivity contribution in [3.8, 4) is 0 Å². The van der Waals surface area contributed by atoms with Crippen molar-refractivity contribution in [2.24, 2.45) is 5.92 Å². The van der Waals surface area contributed by atoms with Crippen molar-refractivity contribution in [1.29, 1.82) is 0 Å². The number of hydrogen-bond donors (Lipinski definition) is 1. The molecule has 0 amide bonds. The Morgan fingerprint density at radius 3 is 3.00 bits per heavy atom. The fraction of sp³-hybridized carbons (Fsp3) is 0.600. The predicted molar refractivity (Wildman–Crippen MR) is 74.5 cm³/mol. The summed E-state index contributed by atoms with van der Waals surface area (Å²) in [5.41, 5.74) is 6.88. The number of rotatable bonds is 4. The van der Waals surface area contributed by atoms with Crippen molar-refractivity contribution >= 4 is 11.7 Å². The molecule has 2 rings (SSSR count). The van der Waals surface area contributed by atoms with Gasteiger partial charge in [0, 0.05) is 0 Å². The molecule has 4 nitrogen and oxygen atoms in total. The molecular formula is C15H22N2O2. The largest absolute Gasteiger partial charge is 0.462 e. The van der Waals surface area contributed by atoms with Gasteiger partial charge >= 0.3 is 5.97 Å². The molecule has 1 aromatic heterocycles. The third-order valence-corrected chi connectivity index (χ3v) is 3.78. The molecule has 2 unspecified atom stereocenters. The number of carbonyl (C=O) groups is 1. The predicted octanol–water partition coefficient (Wildman–Crippen LogP) is 2.72. The third kappa shape index (κ3) is 4.23. The van der Waals surface area contributed by atoms with E-state index in [2.05, 4.69) is 11.9 Å². The van der Waals surface area contributed by atoms with E-state index >= 15 is 0 Å². The van der Waals surface area contributed by atoms with Gasteiger partial charge in [0.15, 0.2) is 0 Å². The SMILES string of the molecule is CCC1CCCC(OC(=O)Cc2ccc(N)cn2)C1. The highest BCUT2D eigenvalue weighted by atomic mass is 16.5. The van der Waals surface area contributed by atoms with Gasteiger partial charge in [0.05, 0.1) is 24.0 Å². The number of ether oxygens (including phenoxy) is 1. The average molecular weight is 262 g/mol. The first-order chi connectivity index (χ1) is 9.17. The molecule has 1 heterocycles. The molecule has 2 atom stereocenters. The van der Waals surface area contributed by atoms with E-state index in [1.54, 1.807) is 18.3 Å². The molecular weight excluding hydrogens is 240 g/mol. The lowest BCUT2D eigenvalue weighted by molar-refractivity contribution is -0.150. The summed E-state index contributed by atoms with van der Waals surface area (Å²) in [4.78, 5) is 16.0. The summed E-state index contributed by atoms with van der Waals surface area (Å²) in [6.07, 6.45) is 7.51. The van der Waals surface area contributed by atoms with Crippen molar-refractivity contribution in [2.75, 3.05) is 5.73 Å². The van der Waals surface area contributed by atoms with Gasteiger partial charge < -0.3 is 10.5 Å². The number of nitrogen functional groups attached to an aromatic ring is 1. The molecule has 0 radical (unpaired) electrons. The Bertz CT molecular complexity index is 417. The summed E-state index contributed by atoms with van der Waals surface area (Å²) >= 11 is 0. The molecule has 1 saturated carbocycles. The van der Waals surface area contributed by atoms with Crippen LogP contribution in [-0.4, -0.2) is 17.1 Å². The summed E-state index contributed by atoms with van der Waals surface area (Å²) in [5, 5.41) is 0. The Kier molecular flexibility index (Phi) is 4.77. The van der Waals surface area contributed by atoms with E-state index < -0.39 is 0 Å². The molecule has 0 spiro atoms. The standard InChI is InChI=1S/C15H22N2O2/c1-2-11-4-3-5-14(8-11)19-15(18)9-13-7-6-12(16)10-17-13/h6-7,10-11,14H,2-5,8-9,16H2,1H3. The first kappa shape index (κ1) is 13.8. The number of aromatic nitrogens is 1. The minimum absolute atomic E-state index is 0.0972. The van der Waals surface area contributed by atoms with Crippen molar-refractivity contribution in [3.05, 3.63) is 24.0 Å². The number of hydrogen-bond acceptors (Lipinski definition) is 4. The third-order valence-electron chi connectivity index (χ3n) is 3.78. The minimum Gasteiger partial charge on any atom is -0.462 e. The van der Waals surface area contributed by atoms with Crippen molar-refractivity contribution in [2.45, 2.75) is 51.6 Å². The smallest absolute Gasteiger partial charge is 0.312 e. The molecule has 1 fully saturated rings. The molecule has 0 saturated heterocycles. The molecule has 1 aliphatic rings. The van der Waals surface area contributed by atoms with Gasteiger partial charge in [-0.3, -0.25) is 9.78 Å². The first-order valence-electron chi connectivity index (χ1n) is 7.07. The van der Waals surface area contributed by atoms with Crippen LogP contribution in [0.1, 0.15) is 44.7 Å². The lowest BCUT2D eigenvalue weighted by Gasteiger charge is -2.28. The Hall–Kier alpha value is -1.58. The fourth-order valence-corrected chi connectivity index (χ4v) is 2.64. The Morgan fingerprint density at radius 1 is 1.47 bits per heavy atom. The zero-order valence-electron chi connectivity index (χ0n) is 11.5. The Morgan fingerprint density at radius 2 is 2.32 bits per heavy atom. The fourth-order valence-electron chi connectivity index (χ4n) is 2.64. The van der Waals surface area contributed by atoms with Crippen LogP contribution in [0.3, 0.4) is 0 Å². The Balaban J connectivity index is 1.82. The zero-order valence-corrected chi connectivity index (χ0v) is 11.5. The Labute approximate surface area is 114 Å². The summed E-state index contributed by atoms with van der Waals surface area (Å²) in [5.74, 6) is 0.528. The van der Waals surface area contributed by atoms with E-state index in [0.717, 1.165) is 19.3 Å². The van der Waals surface area contributed by atoms with E-state index in [-0.39, 0.29) is 18.5 Å². The van der Waals surface area contributed by atoms with Gasteiger partial charge in [-0.15, -0.1) is 0 Å². The van der Waals surface area contributed by atoms with Crippen molar-refractivity contribution < 1.29 is 9.53 Å². The quantitative estimate of drug-likeness (QED) is 0.847. The number of anilines is 1. The molecule has 19 heavy (non-hydrogen) atoms. The number of nitrogens with zero attached hydrogens (tertiary/aromatic N) is 1. The highest BCUT2D eigenvalue weighted by Crippen LogP contribution is 2.28. The van der Waals surface area contributed by atoms with Crippen LogP contribution in [0.15, 0.2) is 18.3 Å². The monoisotopic (exact) mass is 262 g/mol. The van der Waals surface area contributed by atoms with E-state index in [9.17, 15) is 4.79 Å². The molecule has 1 aromatic rings. The molecule has 0 aromatic carbocycles. The van der Waals surface area contributed by atoms with Crippen molar-refractivity contribution in [1.82, 2.24) is 4.98 Å². The summed E-state index contributed by atoms with van der Waals surface area (Å²) in [6, 6.07) is 3.52. The zero-order chi connectivity index (χ0) is 13.7. The summed E-state index contributed by atoms with van der Waals surface area (Å²) in [7, 11) is 0. The lowest BCUT2D eigenvalue weighted by atomic mass is 9.85. The van der Waals surface area contributed by atoms with E-state index in [1.807, 2.05) is 0 Å². The highest BCUT2D eigenvalue weighted by Gasteiger charge is 2.23. The van der Waals surface area contributed by atoms with Crippen molar-refractivity contribution in [3.63, 3.8) is 0 Å². The van der Waals surface area contributed by atoms with Gasteiger partial charge in [-0.25, -0.2) is 0 Å². The maximum atomic E-state index is 11.9. The van der Waals surface area contributed by atoms with Crippen LogP contribution >= 0.6 is 0 Å². The van der Waals surface area contributed by atoms with E-state index in [1.165, 1.54) is 12.8 Å².